The van der Waals surface area contributed by atoms with Crippen LogP contribution in [-0.4, -0.2) is 45.9 Å². The molecular formula is C25H25F2N5O2. The van der Waals surface area contributed by atoms with Crippen LogP contribution in [0.1, 0.15) is 36.3 Å². The van der Waals surface area contributed by atoms with E-state index in [0.29, 0.717) is 18.8 Å². The Morgan fingerprint density at radius 1 is 1.06 bits per heavy atom. The fourth-order valence-corrected chi connectivity index (χ4v) is 4.40. The molecule has 0 radical (unpaired) electrons. The standard InChI is InChI=1S/C25H25F2N5O2/c1-25(2,24(34)31-12-4-13-31)15-7-9-16(10-8-15)29-21-20-23(33)28-11-14-32(20)22(30-21)19-17(26)5-3-6-18(19)27/h3,5-10,29H,4,11-14H2,1-2H3,(H,28,33). The van der Waals surface area contributed by atoms with Crippen molar-refractivity contribution in [3.8, 4) is 11.4 Å². The summed E-state index contributed by atoms with van der Waals surface area (Å²) in [5, 5.41) is 5.86. The van der Waals surface area contributed by atoms with Gasteiger partial charge in [-0.25, -0.2) is 13.8 Å². The lowest BCUT2D eigenvalue weighted by atomic mass is 9.82. The van der Waals surface area contributed by atoms with Crippen molar-refractivity contribution in [2.24, 2.45) is 0 Å². The Balaban J connectivity index is 1.48. The van der Waals surface area contributed by atoms with E-state index in [4.69, 9.17) is 0 Å². The molecule has 9 heteroatoms. The number of halogens is 2. The molecule has 1 fully saturated rings. The van der Waals surface area contributed by atoms with Gasteiger partial charge in [0.1, 0.15) is 17.5 Å². The van der Waals surface area contributed by atoms with E-state index < -0.39 is 17.0 Å². The van der Waals surface area contributed by atoms with Gasteiger partial charge in [0.25, 0.3) is 5.91 Å². The molecule has 3 heterocycles. The Kier molecular flexibility index (Phi) is 5.34. The molecule has 0 spiro atoms. The molecule has 0 unspecified atom stereocenters. The van der Waals surface area contributed by atoms with Crippen LogP contribution in [0.3, 0.4) is 0 Å². The van der Waals surface area contributed by atoms with Crippen LogP contribution in [0.2, 0.25) is 0 Å². The number of benzene rings is 2. The number of hydrogen-bond donors (Lipinski definition) is 2. The SMILES string of the molecule is CC(C)(C(=O)N1CCC1)c1ccc(Nc2nc(-c3c(F)cccc3F)n3c2C(=O)NCC3)cc1. The van der Waals surface area contributed by atoms with E-state index in [0.717, 1.165) is 37.2 Å². The Labute approximate surface area is 195 Å². The third-order valence-corrected chi connectivity index (χ3v) is 6.54. The number of nitrogens with zero attached hydrogens (tertiary/aromatic N) is 3. The molecule has 1 saturated heterocycles. The number of amides is 2. The quantitative estimate of drug-likeness (QED) is 0.601. The normalized spacial score (nSPS) is 15.4. The number of fused-ring (bicyclic) bond motifs is 1. The van der Waals surface area contributed by atoms with E-state index in [2.05, 4.69) is 15.6 Å². The molecule has 1 aromatic heterocycles. The zero-order valence-corrected chi connectivity index (χ0v) is 19.0. The van der Waals surface area contributed by atoms with Crippen LogP contribution in [0.4, 0.5) is 20.3 Å². The lowest BCUT2D eigenvalue weighted by Gasteiger charge is -2.37. The second-order valence-corrected chi connectivity index (χ2v) is 9.11. The largest absolute Gasteiger partial charge is 0.349 e. The molecule has 2 aromatic carbocycles. The lowest BCUT2D eigenvalue weighted by Crippen LogP contribution is -2.50. The van der Waals surface area contributed by atoms with Gasteiger partial charge in [0.2, 0.25) is 5.91 Å². The molecule has 2 amide bonds. The highest BCUT2D eigenvalue weighted by Gasteiger charge is 2.36. The molecule has 0 aliphatic carbocycles. The first-order valence-electron chi connectivity index (χ1n) is 11.3. The first-order valence-corrected chi connectivity index (χ1v) is 11.3. The highest BCUT2D eigenvalue weighted by molar-refractivity contribution is 5.99. The second-order valence-electron chi connectivity index (χ2n) is 9.11. The van der Waals surface area contributed by atoms with Gasteiger partial charge < -0.3 is 20.1 Å². The summed E-state index contributed by atoms with van der Waals surface area (Å²) >= 11 is 0. The van der Waals surface area contributed by atoms with Crippen LogP contribution in [0.5, 0.6) is 0 Å². The zero-order valence-electron chi connectivity index (χ0n) is 19.0. The Morgan fingerprint density at radius 3 is 2.35 bits per heavy atom. The van der Waals surface area contributed by atoms with Crippen LogP contribution in [0.25, 0.3) is 11.4 Å². The van der Waals surface area contributed by atoms with Gasteiger partial charge in [-0.05, 0) is 50.1 Å². The van der Waals surface area contributed by atoms with Gasteiger partial charge >= 0.3 is 0 Å². The monoisotopic (exact) mass is 465 g/mol. The van der Waals surface area contributed by atoms with E-state index >= 15 is 0 Å². The summed E-state index contributed by atoms with van der Waals surface area (Å²) < 4.78 is 30.5. The zero-order chi connectivity index (χ0) is 24.0. The molecule has 34 heavy (non-hydrogen) atoms. The van der Waals surface area contributed by atoms with Crippen LogP contribution in [0, 0.1) is 11.6 Å². The highest BCUT2D eigenvalue weighted by atomic mass is 19.1. The van der Waals surface area contributed by atoms with Gasteiger partial charge in [-0.2, -0.15) is 0 Å². The van der Waals surface area contributed by atoms with Crippen LogP contribution in [0.15, 0.2) is 42.5 Å². The number of carbonyl (C=O) groups excluding carboxylic acids is 2. The number of rotatable bonds is 5. The van der Waals surface area contributed by atoms with Gasteiger partial charge in [-0.3, -0.25) is 9.59 Å². The van der Waals surface area contributed by atoms with Gasteiger partial charge in [-0.15, -0.1) is 0 Å². The maximum atomic E-state index is 14.5. The predicted molar refractivity (Wildman–Crippen MR) is 124 cm³/mol. The third-order valence-electron chi connectivity index (χ3n) is 6.54. The van der Waals surface area contributed by atoms with Crippen LogP contribution in [-0.2, 0) is 16.8 Å². The average molecular weight is 466 g/mol. The van der Waals surface area contributed by atoms with Crippen molar-refractivity contribution in [2.45, 2.75) is 32.2 Å². The van der Waals surface area contributed by atoms with Crippen LogP contribution >= 0.6 is 0 Å². The van der Waals surface area contributed by atoms with Crippen molar-refractivity contribution in [3.63, 3.8) is 0 Å². The Bertz CT molecular complexity index is 1260. The molecule has 2 N–H and O–H groups in total. The maximum Gasteiger partial charge on any atom is 0.271 e. The number of likely N-dealkylation sites (tertiary alicyclic amines) is 1. The van der Waals surface area contributed by atoms with E-state index in [-0.39, 0.29) is 34.7 Å². The fourth-order valence-electron chi connectivity index (χ4n) is 4.40. The summed E-state index contributed by atoms with van der Waals surface area (Å²) in [5.41, 5.74) is 0.779. The van der Waals surface area contributed by atoms with Crippen molar-refractivity contribution in [2.75, 3.05) is 25.0 Å². The molecule has 176 valence electrons. The number of aromatic nitrogens is 2. The first kappa shape index (κ1) is 22.1. The minimum absolute atomic E-state index is 0.0563. The van der Waals surface area contributed by atoms with E-state index in [1.54, 1.807) is 12.1 Å². The van der Waals surface area contributed by atoms with E-state index in [1.165, 1.54) is 10.6 Å². The fraction of sp³-hybridized carbons (Fsp3) is 0.320. The molecule has 0 atom stereocenters. The summed E-state index contributed by atoms with van der Waals surface area (Å²) in [7, 11) is 0. The number of carbonyl (C=O) groups is 2. The molecule has 2 aliphatic rings. The molecule has 7 nitrogen and oxygen atoms in total. The molecular weight excluding hydrogens is 440 g/mol. The maximum absolute atomic E-state index is 14.5. The molecule has 2 aliphatic heterocycles. The first-order chi connectivity index (χ1) is 16.3. The predicted octanol–water partition coefficient (Wildman–Crippen LogP) is 3.83. The number of hydrogen-bond acceptors (Lipinski definition) is 4. The van der Waals surface area contributed by atoms with E-state index in [9.17, 15) is 18.4 Å². The molecule has 0 bridgehead atoms. The van der Waals surface area contributed by atoms with Crippen molar-refractivity contribution in [3.05, 3.63) is 65.4 Å². The molecule has 3 aromatic rings. The minimum atomic E-state index is -0.746. The Hall–Kier alpha value is -3.75. The van der Waals surface area contributed by atoms with E-state index in [1.807, 2.05) is 30.9 Å². The highest BCUT2D eigenvalue weighted by Crippen LogP contribution is 2.33. The Morgan fingerprint density at radius 2 is 1.74 bits per heavy atom. The molecule has 0 saturated carbocycles. The summed E-state index contributed by atoms with van der Waals surface area (Å²) in [6, 6.07) is 10.9. The van der Waals surface area contributed by atoms with Crippen molar-refractivity contribution in [1.82, 2.24) is 19.8 Å². The van der Waals surface area contributed by atoms with Crippen molar-refractivity contribution < 1.29 is 18.4 Å². The van der Waals surface area contributed by atoms with Crippen molar-refractivity contribution in [1.29, 1.82) is 0 Å². The topological polar surface area (TPSA) is 79.3 Å². The summed E-state index contributed by atoms with van der Waals surface area (Å²) in [5.74, 6) is -1.51. The van der Waals surface area contributed by atoms with Crippen LogP contribution < -0.4 is 10.6 Å². The van der Waals surface area contributed by atoms with Gasteiger partial charge in [-0.1, -0.05) is 18.2 Å². The summed E-state index contributed by atoms with van der Waals surface area (Å²) in [4.78, 5) is 31.7. The van der Waals surface area contributed by atoms with Gasteiger partial charge in [0.15, 0.2) is 11.5 Å². The van der Waals surface area contributed by atoms with Crippen molar-refractivity contribution >= 4 is 23.3 Å². The lowest BCUT2D eigenvalue weighted by molar-refractivity contribution is -0.139. The smallest absolute Gasteiger partial charge is 0.271 e. The third kappa shape index (κ3) is 3.61. The van der Waals surface area contributed by atoms with Gasteiger partial charge in [0, 0.05) is 31.9 Å². The number of imidazole rings is 1. The number of anilines is 2. The average Bonchev–Trinajstić information content (AvgIpc) is 3.12. The minimum Gasteiger partial charge on any atom is -0.349 e. The second kappa shape index (κ2) is 8.23. The number of nitrogens with one attached hydrogen (secondary N) is 2. The van der Waals surface area contributed by atoms with Gasteiger partial charge in [0.05, 0.1) is 11.0 Å². The molecule has 5 rings (SSSR count). The summed E-state index contributed by atoms with van der Waals surface area (Å²) in [6.07, 6.45) is 1.03. The summed E-state index contributed by atoms with van der Waals surface area (Å²) in [6.45, 7) is 6.06.